The predicted octanol–water partition coefficient (Wildman–Crippen LogP) is -0.490. The molecule has 3 N–H and O–H groups in total. The summed E-state index contributed by atoms with van der Waals surface area (Å²) in [7, 11) is 0. The molecule has 2 saturated heterocycles. The Bertz CT molecular complexity index is 566. The standard InChI is InChI=1S/C16H25N3O4/c1-10-7-12(11(2)17-10)16(22)19-5-3-18(4-6-19)13-8-23-9-14(20)15(13)21/h7,13-15,17,20-21H,3-6,8-9H2,1-2H3/t13-,14-,15+/m1/s1. The molecule has 1 aromatic heterocycles. The Kier molecular flexibility index (Phi) is 4.72. The maximum Gasteiger partial charge on any atom is 0.255 e. The van der Waals surface area contributed by atoms with Gasteiger partial charge in [-0.15, -0.1) is 0 Å². The zero-order valence-corrected chi connectivity index (χ0v) is 13.7. The average molecular weight is 323 g/mol. The van der Waals surface area contributed by atoms with Gasteiger partial charge in [-0.2, -0.15) is 0 Å². The van der Waals surface area contributed by atoms with Crippen molar-refractivity contribution < 1.29 is 19.7 Å². The number of hydrogen-bond acceptors (Lipinski definition) is 5. The Hall–Kier alpha value is -1.41. The number of aryl methyl sites for hydroxylation is 2. The van der Waals surface area contributed by atoms with E-state index in [0.29, 0.717) is 32.8 Å². The van der Waals surface area contributed by atoms with Crippen LogP contribution in [0.5, 0.6) is 0 Å². The molecule has 2 fully saturated rings. The highest BCUT2D eigenvalue weighted by atomic mass is 16.5. The lowest BCUT2D eigenvalue weighted by Gasteiger charge is -2.43. The monoisotopic (exact) mass is 323 g/mol. The van der Waals surface area contributed by atoms with Crippen molar-refractivity contribution in [3.05, 3.63) is 23.0 Å². The number of aliphatic hydroxyl groups excluding tert-OH is 2. The van der Waals surface area contributed by atoms with Gasteiger partial charge in [0.2, 0.25) is 0 Å². The Morgan fingerprint density at radius 1 is 1.22 bits per heavy atom. The van der Waals surface area contributed by atoms with Gasteiger partial charge in [-0.3, -0.25) is 9.69 Å². The smallest absolute Gasteiger partial charge is 0.255 e. The minimum Gasteiger partial charge on any atom is -0.389 e. The Morgan fingerprint density at radius 2 is 1.91 bits per heavy atom. The second kappa shape index (κ2) is 6.60. The highest BCUT2D eigenvalue weighted by Gasteiger charge is 2.37. The third kappa shape index (κ3) is 3.28. The minimum absolute atomic E-state index is 0.0481. The van der Waals surface area contributed by atoms with Gasteiger partial charge in [0.25, 0.3) is 5.91 Å². The molecule has 1 aromatic rings. The first-order chi connectivity index (χ1) is 11.0. The van der Waals surface area contributed by atoms with Gasteiger partial charge in [0.15, 0.2) is 0 Å². The summed E-state index contributed by atoms with van der Waals surface area (Å²) in [5.74, 6) is 0.0481. The Labute approximate surface area is 135 Å². The molecule has 3 atom stereocenters. The van der Waals surface area contributed by atoms with Gasteiger partial charge in [-0.1, -0.05) is 0 Å². The van der Waals surface area contributed by atoms with Crippen molar-refractivity contribution in [3.8, 4) is 0 Å². The van der Waals surface area contributed by atoms with E-state index < -0.39 is 12.2 Å². The van der Waals surface area contributed by atoms with Gasteiger partial charge in [0, 0.05) is 37.6 Å². The number of hydrogen-bond donors (Lipinski definition) is 3. The SMILES string of the molecule is Cc1cc(C(=O)N2CCN([C@@H]3COC[C@@H](O)[C@H]3O)CC2)c(C)[nH]1. The maximum atomic E-state index is 12.6. The summed E-state index contributed by atoms with van der Waals surface area (Å²) in [6.45, 7) is 7.03. The Balaban J connectivity index is 1.60. The summed E-state index contributed by atoms with van der Waals surface area (Å²) in [6, 6.07) is 1.69. The van der Waals surface area contributed by atoms with Crippen molar-refractivity contribution in [3.63, 3.8) is 0 Å². The molecule has 0 radical (unpaired) electrons. The molecule has 0 unspecified atom stereocenters. The van der Waals surface area contributed by atoms with Crippen molar-refractivity contribution in [2.75, 3.05) is 39.4 Å². The molecule has 128 valence electrons. The molecule has 23 heavy (non-hydrogen) atoms. The quantitative estimate of drug-likeness (QED) is 0.683. The first-order valence-electron chi connectivity index (χ1n) is 8.11. The molecule has 7 nitrogen and oxygen atoms in total. The molecule has 0 aromatic carbocycles. The zero-order valence-electron chi connectivity index (χ0n) is 13.7. The second-order valence-corrected chi connectivity index (χ2v) is 6.48. The number of piperazine rings is 1. The number of carbonyl (C=O) groups excluding carboxylic acids is 1. The lowest BCUT2D eigenvalue weighted by molar-refractivity contribution is -0.136. The van der Waals surface area contributed by atoms with E-state index in [-0.39, 0.29) is 18.6 Å². The summed E-state index contributed by atoms with van der Waals surface area (Å²) < 4.78 is 5.34. The lowest BCUT2D eigenvalue weighted by Crippen LogP contribution is -2.60. The topological polar surface area (TPSA) is 89.0 Å². The molecule has 7 heteroatoms. The summed E-state index contributed by atoms with van der Waals surface area (Å²) in [6.07, 6.45) is -1.63. The number of amides is 1. The van der Waals surface area contributed by atoms with Crippen LogP contribution in [0.4, 0.5) is 0 Å². The number of aliphatic hydroxyl groups is 2. The van der Waals surface area contributed by atoms with Crippen LogP contribution in [0.2, 0.25) is 0 Å². The molecule has 0 bridgehead atoms. The van der Waals surface area contributed by atoms with Crippen LogP contribution in [0.3, 0.4) is 0 Å². The van der Waals surface area contributed by atoms with E-state index in [1.54, 1.807) is 0 Å². The lowest BCUT2D eigenvalue weighted by atomic mass is 10.0. The first-order valence-corrected chi connectivity index (χ1v) is 8.11. The second-order valence-electron chi connectivity index (χ2n) is 6.48. The van der Waals surface area contributed by atoms with Crippen molar-refractivity contribution >= 4 is 5.91 Å². The third-order valence-corrected chi connectivity index (χ3v) is 4.82. The number of ether oxygens (including phenoxy) is 1. The fourth-order valence-corrected chi connectivity index (χ4v) is 3.46. The molecule has 0 saturated carbocycles. The van der Waals surface area contributed by atoms with Crippen LogP contribution >= 0.6 is 0 Å². The first kappa shape index (κ1) is 16.4. The molecule has 0 aliphatic carbocycles. The largest absolute Gasteiger partial charge is 0.389 e. The molecule has 2 aliphatic rings. The molecule has 3 rings (SSSR count). The van der Waals surface area contributed by atoms with Crippen LogP contribution in [0.25, 0.3) is 0 Å². The van der Waals surface area contributed by atoms with E-state index in [0.717, 1.165) is 17.0 Å². The number of nitrogens with zero attached hydrogens (tertiary/aromatic N) is 2. The molecule has 0 spiro atoms. The van der Waals surface area contributed by atoms with E-state index in [1.807, 2.05) is 24.8 Å². The number of rotatable bonds is 2. The van der Waals surface area contributed by atoms with Crippen molar-refractivity contribution in [1.82, 2.24) is 14.8 Å². The highest BCUT2D eigenvalue weighted by molar-refractivity contribution is 5.95. The minimum atomic E-state index is -0.834. The van der Waals surface area contributed by atoms with Crippen molar-refractivity contribution in [2.24, 2.45) is 0 Å². The summed E-state index contributed by atoms with van der Waals surface area (Å²) in [5.41, 5.74) is 2.61. The summed E-state index contributed by atoms with van der Waals surface area (Å²) in [5, 5.41) is 19.9. The van der Waals surface area contributed by atoms with Crippen LogP contribution in [0.15, 0.2) is 6.07 Å². The van der Waals surface area contributed by atoms with E-state index in [1.165, 1.54) is 0 Å². The van der Waals surface area contributed by atoms with Crippen LogP contribution < -0.4 is 0 Å². The van der Waals surface area contributed by atoms with Crippen molar-refractivity contribution in [2.45, 2.75) is 32.1 Å². The van der Waals surface area contributed by atoms with Gasteiger partial charge >= 0.3 is 0 Å². The fraction of sp³-hybridized carbons (Fsp3) is 0.688. The van der Waals surface area contributed by atoms with Gasteiger partial charge in [0.05, 0.1) is 30.9 Å². The predicted molar refractivity (Wildman–Crippen MR) is 84.4 cm³/mol. The van der Waals surface area contributed by atoms with E-state index in [4.69, 9.17) is 4.74 Å². The Morgan fingerprint density at radius 3 is 2.52 bits per heavy atom. The van der Waals surface area contributed by atoms with Gasteiger partial charge in [-0.05, 0) is 19.9 Å². The average Bonchev–Trinajstić information content (AvgIpc) is 2.88. The van der Waals surface area contributed by atoms with Crippen LogP contribution in [-0.2, 0) is 4.74 Å². The maximum absolute atomic E-state index is 12.6. The van der Waals surface area contributed by atoms with E-state index in [9.17, 15) is 15.0 Å². The molecule has 3 heterocycles. The van der Waals surface area contributed by atoms with Gasteiger partial charge < -0.3 is 24.8 Å². The van der Waals surface area contributed by atoms with Crippen LogP contribution in [0.1, 0.15) is 21.7 Å². The van der Waals surface area contributed by atoms with Crippen LogP contribution in [-0.4, -0.2) is 88.5 Å². The van der Waals surface area contributed by atoms with Crippen LogP contribution in [0, 0.1) is 13.8 Å². The number of H-pyrrole nitrogens is 1. The zero-order chi connectivity index (χ0) is 16.6. The van der Waals surface area contributed by atoms with Gasteiger partial charge in [-0.25, -0.2) is 0 Å². The fourth-order valence-electron chi connectivity index (χ4n) is 3.46. The third-order valence-electron chi connectivity index (χ3n) is 4.82. The molecule has 2 aliphatic heterocycles. The highest BCUT2D eigenvalue weighted by Crippen LogP contribution is 2.19. The number of aromatic nitrogens is 1. The number of aromatic amines is 1. The normalized spacial score (nSPS) is 29.7. The molecular weight excluding hydrogens is 298 g/mol. The summed E-state index contributed by atoms with van der Waals surface area (Å²) in [4.78, 5) is 19.7. The molecular formula is C16H25N3O4. The number of carbonyl (C=O) groups is 1. The van der Waals surface area contributed by atoms with Gasteiger partial charge in [0.1, 0.15) is 6.10 Å². The summed E-state index contributed by atoms with van der Waals surface area (Å²) >= 11 is 0. The van der Waals surface area contributed by atoms with Crippen molar-refractivity contribution in [1.29, 1.82) is 0 Å². The van der Waals surface area contributed by atoms with E-state index in [2.05, 4.69) is 9.88 Å². The number of nitrogens with one attached hydrogen (secondary N) is 1. The molecule has 1 amide bonds. The van der Waals surface area contributed by atoms with E-state index >= 15 is 0 Å².